The zero-order valence-electron chi connectivity index (χ0n) is 13.6. The van der Waals surface area contributed by atoms with Gasteiger partial charge in [0.2, 0.25) is 5.91 Å². The maximum Gasteiger partial charge on any atom is 0.319 e. The lowest BCUT2D eigenvalue weighted by molar-refractivity contribution is -0.134. The standard InChI is InChI=1S/C17H23FN4O2/c18-12-3-5-13(6-4-12)20-17(24)21-14-7-10-22(11-8-14)16(23)15-2-1-9-19-15/h3-6,14-15,19H,1-2,7-11H2,(H2,20,21,24). The summed E-state index contributed by atoms with van der Waals surface area (Å²) in [5.74, 6) is -0.156. The summed E-state index contributed by atoms with van der Waals surface area (Å²) in [6.45, 7) is 2.25. The number of carbonyl (C=O) groups excluding carboxylic acids is 2. The number of urea groups is 1. The Labute approximate surface area is 140 Å². The molecule has 3 amide bonds. The molecular formula is C17H23FN4O2. The molecule has 0 aromatic heterocycles. The fourth-order valence-corrected chi connectivity index (χ4v) is 3.25. The van der Waals surface area contributed by atoms with E-state index >= 15 is 0 Å². The third kappa shape index (κ3) is 4.23. The van der Waals surface area contributed by atoms with Gasteiger partial charge in [-0.3, -0.25) is 4.79 Å². The number of nitrogens with one attached hydrogen (secondary N) is 3. The minimum Gasteiger partial charge on any atom is -0.341 e. The fraction of sp³-hybridized carbons (Fsp3) is 0.529. The summed E-state index contributed by atoms with van der Waals surface area (Å²) in [4.78, 5) is 26.2. The van der Waals surface area contributed by atoms with Crippen molar-refractivity contribution in [3.8, 4) is 0 Å². The molecule has 2 heterocycles. The number of halogens is 1. The number of hydrogen-bond donors (Lipinski definition) is 3. The molecule has 2 aliphatic rings. The normalized spacial score (nSPS) is 21.5. The molecule has 0 saturated carbocycles. The molecule has 1 aromatic rings. The van der Waals surface area contributed by atoms with E-state index in [1.54, 1.807) is 0 Å². The Balaban J connectivity index is 1.42. The second-order valence-corrected chi connectivity index (χ2v) is 6.35. The lowest BCUT2D eigenvalue weighted by atomic mass is 10.0. The van der Waals surface area contributed by atoms with Crippen molar-refractivity contribution < 1.29 is 14.0 Å². The molecule has 2 aliphatic heterocycles. The van der Waals surface area contributed by atoms with E-state index in [9.17, 15) is 14.0 Å². The highest BCUT2D eigenvalue weighted by Gasteiger charge is 2.30. The first kappa shape index (κ1) is 16.7. The molecule has 6 nitrogen and oxygen atoms in total. The van der Waals surface area contributed by atoms with Crippen LogP contribution in [0.4, 0.5) is 14.9 Å². The van der Waals surface area contributed by atoms with Gasteiger partial charge in [0.05, 0.1) is 6.04 Å². The van der Waals surface area contributed by atoms with Crippen molar-refractivity contribution in [3.05, 3.63) is 30.1 Å². The Morgan fingerprint density at radius 1 is 1.12 bits per heavy atom. The summed E-state index contributed by atoms with van der Waals surface area (Å²) in [5.41, 5.74) is 0.550. The van der Waals surface area contributed by atoms with Gasteiger partial charge in [0, 0.05) is 24.8 Å². The number of rotatable bonds is 3. The van der Waals surface area contributed by atoms with E-state index in [0.29, 0.717) is 18.8 Å². The van der Waals surface area contributed by atoms with Gasteiger partial charge in [-0.25, -0.2) is 9.18 Å². The number of carbonyl (C=O) groups is 2. The van der Waals surface area contributed by atoms with E-state index in [1.807, 2.05) is 4.90 Å². The molecule has 0 aliphatic carbocycles. The van der Waals surface area contributed by atoms with Gasteiger partial charge in [-0.05, 0) is 56.5 Å². The molecule has 3 rings (SSSR count). The van der Waals surface area contributed by atoms with E-state index < -0.39 is 0 Å². The van der Waals surface area contributed by atoms with Crippen LogP contribution in [0.5, 0.6) is 0 Å². The molecule has 2 saturated heterocycles. The van der Waals surface area contributed by atoms with Crippen LogP contribution in [0.3, 0.4) is 0 Å². The highest BCUT2D eigenvalue weighted by Crippen LogP contribution is 2.15. The summed E-state index contributed by atoms with van der Waals surface area (Å²) < 4.78 is 12.8. The molecule has 130 valence electrons. The van der Waals surface area contributed by atoms with Crippen LogP contribution in [0, 0.1) is 5.82 Å². The Morgan fingerprint density at radius 2 is 1.83 bits per heavy atom. The van der Waals surface area contributed by atoms with Crippen molar-refractivity contribution in [2.45, 2.75) is 37.8 Å². The molecule has 1 unspecified atom stereocenters. The largest absolute Gasteiger partial charge is 0.341 e. The van der Waals surface area contributed by atoms with Gasteiger partial charge in [-0.15, -0.1) is 0 Å². The first-order valence-corrected chi connectivity index (χ1v) is 8.47. The van der Waals surface area contributed by atoms with E-state index in [1.165, 1.54) is 24.3 Å². The van der Waals surface area contributed by atoms with E-state index in [4.69, 9.17) is 0 Å². The molecule has 1 aromatic carbocycles. The van der Waals surface area contributed by atoms with Gasteiger partial charge in [0.1, 0.15) is 5.82 Å². The van der Waals surface area contributed by atoms with Crippen molar-refractivity contribution in [1.82, 2.24) is 15.5 Å². The summed E-state index contributed by atoms with van der Waals surface area (Å²) in [7, 11) is 0. The monoisotopic (exact) mass is 334 g/mol. The highest BCUT2D eigenvalue weighted by atomic mass is 19.1. The summed E-state index contributed by atoms with van der Waals surface area (Å²) >= 11 is 0. The first-order valence-electron chi connectivity index (χ1n) is 8.47. The Bertz CT molecular complexity index is 579. The lowest BCUT2D eigenvalue weighted by Gasteiger charge is -2.33. The van der Waals surface area contributed by atoms with E-state index in [0.717, 1.165) is 32.2 Å². The highest BCUT2D eigenvalue weighted by molar-refractivity contribution is 5.89. The first-order chi connectivity index (χ1) is 11.6. The molecule has 7 heteroatoms. The van der Waals surface area contributed by atoms with E-state index in [2.05, 4.69) is 16.0 Å². The molecule has 0 radical (unpaired) electrons. The van der Waals surface area contributed by atoms with Gasteiger partial charge in [-0.2, -0.15) is 0 Å². The number of likely N-dealkylation sites (tertiary alicyclic amines) is 1. The number of hydrogen-bond acceptors (Lipinski definition) is 3. The van der Waals surface area contributed by atoms with Crippen molar-refractivity contribution in [2.24, 2.45) is 0 Å². The number of piperidine rings is 1. The van der Waals surface area contributed by atoms with Crippen LogP contribution in [0.15, 0.2) is 24.3 Å². The lowest BCUT2D eigenvalue weighted by Crippen LogP contribution is -2.51. The predicted octanol–water partition coefficient (Wildman–Crippen LogP) is 1.69. The third-order valence-corrected chi connectivity index (χ3v) is 4.60. The molecular weight excluding hydrogens is 311 g/mol. The molecule has 3 N–H and O–H groups in total. The Hall–Kier alpha value is -2.15. The molecule has 0 spiro atoms. The van der Waals surface area contributed by atoms with Gasteiger partial charge >= 0.3 is 6.03 Å². The average Bonchev–Trinajstić information content (AvgIpc) is 3.11. The minimum absolute atomic E-state index is 0.0312. The van der Waals surface area contributed by atoms with E-state index in [-0.39, 0.29) is 29.8 Å². The Kier molecular flexibility index (Phi) is 5.30. The van der Waals surface area contributed by atoms with Gasteiger partial charge in [0.15, 0.2) is 0 Å². The molecule has 24 heavy (non-hydrogen) atoms. The Morgan fingerprint density at radius 3 is 2.46 bits per heavy atom. The molecule has 2 fully saturated rings. The smallest absolute Gasteiger partial charge is 0.319 e. The number of benzene rings is 1. The van der Waals surface area contributed by atoms with Gasteiger partial charge in [-0.1, -0.05) is 0 Å². The summed E-state index contributed by atoms with van der Waals surface area (Å²) in [6, 6.07) is 5.36. The fourth-order valence-electron chi connectivity index (χ4n) is 3.25. The second-order valence-electron chi connectivity index (χ2n) is 6.35. The van der Waals surface area contributed by atoms with Crippen molar-refractivity contribution in [1.29, 1.82) is 0 Å². The summed E-state index contributed by atoms with van der Waals surface area (Å²) in [5, 5.41) is 8.83. The predicted molar refractivity (Wildman–Crippen MR) is 89.2 cm³/mol. The average molecular weight is 334 g/mol. The van der Waals surface area contributed by atoms with Crippen LogP contribution in [-0.2, 0) is 4.79 Å². The number of nitrogens with zero attached hydrogens (tertiary/aromatic N) is 1. The van der Waals surface area contributed by atoms with Crippen molar-refractivity contribution in [2.75, 3.05) is 25.0 Å². The quantitative estimate of drug-likeness (QED) is 0.788. The molecule has 1 atom stereocenters. The van der Waals surface area contributed by atoms with Crippen LogP contribution in [0.2, 0.25) is 0 Å². The maximum absolute atomic E-state index is 12.8. The van der Waals surface area contributed by atoms with Crippen LogP contribution in [0.25, 0.3) is 0 Å². The van der Waals surface area contributed by atoms with Crippen LogP contribution >= 0.6 is 0 Å². The number of amides is 3. The van der Waals surface area contributed by atoms with Crippen LogP contribution < -0.4 is 16.0 Å². The zero-order valence-corrected chi connectivity index (χ0v) is 13.6. The summed E-state index contributed by atoms with van der Waals surface area (Å²) in [6.07, 6.45) is 3.46. The topological polar surface area (TPSA) is 73.5 Å². The van der Waals surface area contributed by atoms with Gasteiger partial charge < -0.3 is 20.9 Å². The van der Waals surface area contributed by atoms with Crippen molar-refractivity contribution in [3.63, 3.8) is 0 Å². The third-order valence-electron chi connectivity index (χ3n) is 4.60. The van der Waals surface area contributed by atoms with Crippen LogP contribution in [0.1, 0.15) is 25.7 Å². The SMILES string of the molecule is O=C(Nc1ccc(F)cc1)NC1CCN(C(=O)C2CCCN2)CC1. The van der Waals surface area contributed by atoms with Crippen molar-refractivity contribution >= 4 is 17.6 Å². The maximum atomic E-state index is 12.8. The zero-order chi connectivity index (χ0) is 16.9. The van der Waals surface area contributed by atoms with Gasteiger partial charge in [0.25, 0.3) is 0 Å². The second kappa shape index (κ2) is 7.61. The van der Waals surface area contributed by atoms with Crippen LogP contribution in [-0.4, -0.2) is 48.6 Å². The minimum atomic E-state index is -0.338. The number of anilines is 1. The molecule has 0 bridgehead atoms.